The summed E-state index contributed by atoms with van der Waals surface area (Å²) < 4.78 is 24.1. The van der Waals surface area contributed by atoms with Crippen molar-refractivity contribution in [2.45, 2.75) is 6.92 Å². The second kappa shape index (κ2) is 10.6. The van der Waals surface area contributed by atoms with Gasteiger partial charge in [-0.1, -0.05) is 0 Å². The third-order valence-corrected chi connectivity index (χ3v) is 5.64. The van der Waals surface area contributed by atoms with E-state index >= 15 is 0 Å². The highest BCUT2D eigenvalue weighted by molar-refractivity contribution is 7.14. The second-order valence-corrected chi connectivity index (χ2v) is 8.10. The Morgan fingerprint density at radius 2 is 2.06 bits per heavy atom. The maximum atomic E-state index is 13.1. The molecule has 1 N–H and O–H groups in total. The number of aromatic nitrogens is 1. The Kier molecular flexibility index (Phi) is 7.17. The Labute approximate surface area is 208 Å². The van der Waals surface area contributed by atoms with Crippen LogP contribution in [0.25, 0.3) is 28.7 Å². The number of rotatable bonds is 8. The van der Waals surface area contributed by atoms with E-state index in [0.29, 0.717) is 23.6 Å². The molecule has 0 radical (unpaired) electrons. The van der Waals surface area contributed by atoms with Crippen molar-refractivity contribution in [2.24, 2.45) is 0 Å². The highest BCUT2D eigenvalue weighted by atomic mass is 32.1. The maximum absolute atomic E-state index is 13.1. The smallest absolute Gasteiger partial charge is 0.284 e. The van der Waals surface area contributed by atoms with E-state index in [2.05, 4.69) is 10.3 Å². The van der Waals surface area contributed by atoms with Crippen LogP contribution < -0.4 is 10.1 Å². The molecular formula is C25H17FN4O5S. The molecule has 11 heteroatoms. The SMILES string of the molecule is CCOc1ccc(-c2ccc(C=C(C#N)C(=O)Nc3nc(-c4ccc(F)cc4)cs3)o2)c([N+](=O)[O-])c1. The maximum Gasteiger partial charge on any atom is 0.284 e. The number of amides is 1. The summed E-state index contributed by atoms with van der Waals surface area (Å²) in [6.45, 7) is 2.13. The Bertz CT molecular complexity index is 1500. The zero-order valence-corrected chi connectivity index (χ0v) is 19.5. The van der Waals surface area contributed by atoms with Crippen LogP contribution in [0, 0.1) is 27.3 Å². The second-order valence-electron chi connectivity index (χ2n) is 7.24. The molecule has 2 heterocycles. The molecule has 180 valence electrons. The minimum Gasteiger partial charge on any atom is -0.494 e. The number of nitrogens with zero attached hydrogens (tertiary/aromatic N) is 3. The molecule has 0 aliphatic rings. The van der Waals surface area contributed by atoms with Crippen LogP contribution in [0.3, 0.4) is 0 Å². The molecule has 0 aliphatic carbocycles. The van der Waals surface area contributed by atoms with Crippen LogP contribution in [-0.2, 0) is 4.79 Å². The van der Waals surface area contributed by atoms with Gasteiger partial charge in [0.1, 0.15) is 34.7 Å². The van der Waals surface area contributed by atoms with Crippen LogP contribution in [0.15, 0.2) is 70.0 Å². The number of hydrogen-bond donors (Lipinski definition) is 1. The molecular weight excluding hydrogens is 487 g/mol. The molecule has 0 saturated carbocycles. The summed E-state index contributed by atoms with van der Waals surface area (Å²) in [6.07, 6.45) is 1.23. The fraction of sp³-hybridized carbons (Fsp3) is 0.0800. The number of furan rings is 1. The van der Waals surface area contributed by atoms with Gasteiger partial charge in [-0.05, 0) is 55.5 Å². The van der Waals surface area contributed by atoms with Gasteiger partial charge >= 0.3 is 0 Å². The number of nitro groups is 1. The number of nitro benzene ring substituents is 1. The van der Waals surface area contributed by atoms with Crippen molar-refractivity contribution in [3.8, 4) is 34.4 Å². The predicted molar refractivity (Wildman–Crippen MR) is 132 cm³/mol. The molecule has 0 fully saturated rings. The average Bonchev–Trinajstić information content (AvgIpc) is 3.53. The Balaban J connectivity index is 1.53. The Hall–Kier alpha value is -4.82. The standard InChI is InChI=1S/C25H17FN4O5S/c1-2-34-18-7-9-20(22(12-18)30(32)33)23-10-8-19(35-23)11-16(13-27)24(31)29-25-28-21(14-36-25)15-3-5-17(26)6-4-15/h3-12,14H,2H2,1H3,(H,28,29,31). The van der Waals surface area contributed by atoms with E-state index in [-0.39, 0.29) is 39.3 Å². The number of benzene rings is 2. The molecule has 9 nitrogen and oxygen atoms in total. The van der Waals surface area contributed by atoms with E-state index in [1.54, 1.807) is 30.5 Å². The van der Waals surface area contributed by atoms with Gasteiger partial charge in [0.05, 0.1) is 28.9 Å². The molecule has 2 aromatic heterocycles. The van der Waals surface area contributed by atoms with Crippen molar-refractivity contribution in [3.05, 3.63) is 87.2 Å². The van der Waals surface area contributed by atoms with Crippen molar-refractivity contribution < 1.29 is 23.3 Å². The average molecular weight is 504 g/mol. The molecule has 0 saturated heterocycles. The first-order chi connectivity index (χ1) is 17.4. The molecule has 4 aromatic rings. The molecule has 0 bridgehead atoms. The summed E-state index contributed by atoms with van der Waals surface area (Å²) in [7, 11) is 0. The van der Waals surface area contributed by atoms with Crippen LogP contribution >= 0.6 is 11.3 Å². The lowest BCUT2D eigenvalue weighted by atomic mass is 10.1. The van der Waals surface area contributed by atoms with Gasteiger partial charge < -0.3 is 9.15 Å². The number of carbonyl (C=O) groups is 1. The Morgan fingerprint density at radius 1 is 1.28 bits per heavy atom. The monoisotopic (exact) mass is 504 g/mol. The lowest BCUT2D eigenvalue weighted by Gasteiger charge is -2.05. The fourth-order valence-electron chi connectivity index (χ4n) is 3.24. The number of hydrogen-bond acceptors (Lipinski definition) is 8. The van der Waals surface area contributed by atoms with Crippen LogP contribution in [0.1, 0.15) is 12.7 Å². The first-order valence-electron chi connectivity index (χ1n) is 10.5. The molecule has 36 heavy (non-hydrogen) atoms. The van der Waals surface area contributed by atoms with Gasteiger partial charge in [0, 0.05) is 17.0 Å². The summed E-state index contributed by atoms with van der Waals surface area (Å²) in [5, 5.41) is 25.5. The van der Waals surface area contributed by atoms with E-state index in [0.717, 1.165) is 11.3 Å². The van der Waals surface area contributed by atoms with Gasteiger partial charge in [-0.15, -0.1) is 11.3 Å². The van der Waals surface area contributed by atoms with Crippen molar-refractivity contribution in [1.82, 2.24) is 4.98 Å². The minimum atomic E-state index is -0.706. The van der Waals surface area contributed by atoms with Crippen LogP contribution in [-0.4, -0.2) is 22.4 Å². The molecule has 1 amide bonds. The van der Waals surface area contributed by atoms with Gasteiger partial charge in [0.25, 0.3) is 11.6 Å². The quantitative estimate of drug-likeness (QED) is 0.133. The summed E-state index contributed by atoms with van der Waals surface area (Å²) >= 11 is 1.15. The molecule has 0 atom stereocenters. The van der Waals surface area contributed by atoms with E-state index in [1.165, 1.54) is 42.5 Å². The zero-order chi connectivity index (χ0) is 25.7. The number of ether oxygens (including phenoxy) is 1. The summed E-state index contributed by atoms with van der Waals surface area (Å²) in [4.78, 5) is 27.9. The lowest BCUT2D eigenvalue weighted by Crippen LogP contribution is -2.13. The van der Waals surface area contributed by atoms with Crippen LogP contribution in [0.5, 0.6) is 5.75 Å². The highest BCUT2D eigenvalue weighted by Gasteiger charge is 2.20. The first kappa shape index (κ1) is 24.3. The lowest BCUT2D eigenvalue weighted by molar-refractivity contribution is -0.384. The minimum absolute atomic E-state index is 0.158. The zero-order valence-electron chi connectivity index (χ0n) is 18.7. The van der Waals surface area contributed by atoms with Crippen molar-refractivity contribution >= 4 is 34.1 Å². The van der Waals surface area contributed by atoms with Crippen LogP contribution in [0.2, 0.25) is 0 Å². The Morgan fingerprint density at radius 3 is 2.75 bits per heavy atom. The third kappa shape index (κ3) is 5.45. The van der Waals surface area contributed by atoms with Crippen LogP contribution in [0.4, 0.5) is 15.2 Å². The summed E-state index contributed by atoms with van der Waals surface area (Å²) in [5.41, 5.74) is 0.990. The molecule has 0 unspecified atom stereocenters. The van der Waals surface area contributed by atoms with E-state index in [4.69, 9.17) is 9.15 Å². The van der Waals surface area contributed by atoms with Gasteiger partial charge in [-0.25, -0.2) is 9.37 Å². The number of nitrogens with one attached hydrogen (secondary N) is 1. The molecule has 4 rings (SSSR count). The fourth-order valence-corrected chi connectivity index (χ4v) is 3.96. The largest absolute Gasteiger partial charge is 0.494 e. The number of carbonyl (C=O) groups excluding carboxylic acids is 1. The summed E-state index contributed by atoms with van der Waals surface area (Å²) in [6, 6.07) is 15.0. The molecule has 2 aromatic carbocycles. The van der Waals surface area contributed by atoms with E-state index in [1.807, 2.05) is 6.07 Å². The van der Waals surface area contributed by atoms with Gasteiger partial charge in [-0.2, -0.15) is 5.26 Å². The van der Waals surface area contributed by atoms with Crippen molar-refractivity contribution in [2.75, 3.05) is 11.9 Å². The van der Waals surface area contributed by atoms with Gasteiger partial charge in [0.2, 0.25) is 0 Å². The number of thiazole rings is 1. The summed E-state index contributed by atoms with van der Waals surface area (Å²) in [5.74, 6) is -0.372. The molecule has 0 aliphatic heterocycles. The highest BCUT2D eigenvalue weighted by Crippen LogP contribution is 2.34. The predicted octanol–water partition coefficient (Wildman–Crippen LogP) is 6.06. The number of nitriles is 1. The molecule has 0 spiro atoms. The topological polar surface area (TPSA) is 131 Å². The first-order valence-corrected chi connectivity index (χ1v) is 11.4. The van der Waals surface area contributed by atoms with Crippen molar-refractivity contribution in [1.29, 1.82) is 5.26 Å². The van der Waals surface area contributed by atoms with Crippen molar-refractivity contribution in [3.63, 3.8) is 0 Å². The normalized spacial score (nSPS) is 11.1. The third-order valence-electron chi connectivity index (χ3n) is 4.89. The number of anilines is 1. The van der Waals surface area contributed by atoms with Gasteiger partial charge in [-0.3, -0.25) is 20.2 Å². The van der Waals surface area contributed by atoms with E-state index in [9.17, 15) is 24.6 Å². The van der Waals surface area contributed by atoms with Gasteiger partial charge in [0.15, 0.2) is 5.13 Å². The van der Waals surface area contributed by atoms with E-state index < -0.39 is 10.8 Å². The number of halogens is 1.